The summed E-state index contributed by atoms with van der Waals surface area (Å²) in [6.07, 6.45) is -0.319. The molecule has 0 saturated heterocycles. The first-order valence-electron chi connectivity index (χ1n) is 3.11. The van der Waals surface area contributed by atoms with E-state index in [1.165, 1.54) is 0 Å². The molecule has 0 saturated carbocycles. The van der Waals surface area contributed by atoms with Crippen LogP contribution in [0.5, 0.6) is 0 Å². The van der Waals surface area contributed by atoms with Gasteiger partial charge in [-0.2, -0.15) is 0 Å². The van der Waals surface area contributed by atoms with Crippen molar-refractivity contribution in [3.8, 4) is 0 Å². The van der Waals surface area contributed by atoms with Crippen LogP contribution in [-0.2, 0) is 13.3 Å². The molecule has 0 aliphatic rings. The van der Waals surface area contributed by atoms with Gasteiger partial charge in [0.2, 0.25) is 0 Å². The van der Waals surface area contributed by atoms with Crippen LogP contribution in [0.2, 0.25) is 0 Å². The average molecular weight is 289 g/mol. The molecule has 0 rings (SSSR count). The maximum absolute atomic E-state index is 5.23. The molecule has 0 aromatic carbocycles. The minimum atomic E-state index is -2.20. The van der Waals surface area contributed by atoms with Crippen molar-refractivity contribution in [3.05, 3.63) is 12.7 Å². The van der Waals surface area contributed by atoms with E-state index in [4.69, 9.17) is 13.3 Å². The molecule has 0 N–H and O–H groups in total. The summed E-state index contributed by atoms with van der Waals surface area (Å²) in [5.74, 6) is 0. The van der Waals surface area contributed by atoms with Gasteiger partial charge in [0, 0.05) is 0 Å². The minimum absolute atomic E-state index is 0.174. The van der Waals surface area contributed by atoms with Gasteiger partial charge in [-0.1, -0.05) is 0 Å². The standard InChI is InChI=1S/C6H14IO3Si/c1-5-6-7-11(8-2,9-3)10-4/h5H,1,6H2,2-4H3/q-1. The van der Waals surface area contributed by atoms with E-state index in [0.717, 1.165) is 4.43 Å². The molecule has 0 aliphatic carbocycles. The Labute approximate surface area is 78.4 Å². The topological polar surface area (TPSA) is 27.7 Å². The van der Waals surface area contributed by atoms with E-state index in [0.29, 0.717) is 0 Å². The fourth-order valence-electron chi connectivity index (χ4n) is 0.563. The van der Waals surface area contributed by atoms with Gasteiger partial charge in [0.1, 0.15) is 0 Å². The van der Waals surface area contributed by atoms with Crippen molar-refractivity contribution < 1.29 is 33.7 Å². The zero-order valence-corrected chi connectivity index (χ0v) is 10.3. The molecular weight excluding hydrogens is 275 g/mol. The van der Waals surface area contributed by atoms with E-state index in [9.17, 15) is 0 Å². The Hall–Kier alpha value is 0.567. The van der Waals surface area contributed by atoms with Crippen molar-refractivity contribution in [1.82, 2.24) is 0 Å². The molecule has 11 heavy (non-hydrogen) atoms. The molecule has 0 bridgehead atoms. The summed E-state index contributed by atoms with van der Waals surface area (Å²) in [6.45, 7) is 3.65. The third-order valence-electron chi connectivity index (χ3n) is 1.08. The van der Waals surface area contributed by atoms with Crippen LogP contribution in [0.4, 0.5) is 0 Å². The van der Waals surface area contributed by atoms with Crippen molar-refractivity contribution in [2.75, 3.05) is 25.8 Å². The van der Waals surface area contributed by atoms with Gasteiger partial charge in [-0.3, -0.25) is 0 Å². The molecule has 68 valence electrons. The number of halogens is 1. The Bertz CT molecular complexity index is 108. The first-order valence-corrected chi connectivity index (χ1v) is 9.47. The molecule has 0 heterocycles. The van der Waals surface area contributed by atoms with Gasteiger partial charge in [0.15, 0.2) is 0 Å². The normalized spacial score (nSPS) is 11.9. The van der Waals surface area contributed by atoms with Gasteiger partial charge in [-0.05, 0) is 0 Å². The Balaban J connectivity index is 3.93. The van der Waals surface area contributed by atoms with E-state index in [2.05, 4.69) is 6.58 Å². The third kappa shape index (κ3) is 3.65. The Morgan fingerprint density at radius 1 is 1.27 bits per heavy atom. The molecular formula is C6H14IO3Si-. The fraction of sp³-hybridized carbons (Fsp3) is 0.667. The van der Waals surface area contributed by atoms with Crippen molar-refractivity contribution in [1.29, 1.82) is 0 Å². The van der Waals surface area contributed by atoms with Gasteiger partial charge < -0.3 is 0 Å². The zero-order chi connectivity index (χ0) is 8.74. The van der Waals surface area contributed by atoms with Crippen LogP contribution < -0.4 is 20.4 Å². The van der Waals surface area contributed by atoms with Crippen molar-refractivity contribution in [2.24, 2.45) is 0 Å². The number of alkyl halides is 1. The number of allylic oxidation sites excluding steroid dienone is 1. The van der Waals surface area contributed by atoms with E-state index < -0.39 is 6.30 Å². The fourth-order valence-corrected chi connectivity index (χ4v) is 7.04. The van der Waals surface area contributed by atoms with E-state index >= 15 is 0 Å². The first-order chi connectivity index (χ1) is 5.24. The molecule has 0 amide bonds. The number of hydrogen-bond acceptors (Lipinski definition) is 3. The van der Waals surface area contributed by atoms with E-state index in [1.807, 2.05) is 6.08 Å². The Kier molecular flexibility index (Phi) is 6.44. The van der Waals surface area contributed by atoms with Crippen LogP contribution in [0.1, 0.15) is 0 Å². The summed E-state index contributed by atoms with van der Waals surface area (Å²) in [7, 11) is 4.92. The van der Waals surface area contributed by atoms with Gasteiger partial charge >= 0.3 is 78.4 Å². The molecule has 0 spiro atoms. The van der Waals surface area contributed by atoms with Gasteiger partial charge in [-0.15, -0.1) is 0 Å². The summed E-state index contributed by atoms with van der Waals surface area (Å²) in [4.78, 5) is 0. The number of rotatable bonds is 6. The van der Waals surface area contributed by atoms with Crippen molar-refractivity contribution in [2.45, 2.75) is 0 Å². The van der Waals surface area contributed by atoms with Crippen molar-refractivity contribution in [3.63, 3.8) is 0 Å². The quantitative estimate of drug-likeness (QED) is 0.180. The van der Waals surface area contributed by atoms with E-state index in [1.54, 1.807) is 21.3 Å². The molecule has 0 aromatic heterocycles. The second-order valence-corrected chi connectivity index (χ2v) is 11.3. The van der Waals surface area contributed by atoms with Crippen LogP contribution >= 0.6 is 0 Å². The first kappa shape index (κ1) is 11.6. The van der Waals surface area contributed by atoms with E-state index in [-0.39, 0.29) is 20.4 Å². The SMILES string of the molecule is C=CC[I-][Si](OC)(OC)OC. The predicted octanol–water partition coefficient (Wildman–Crippen LogP) is -2.36. The second-order valence-electron chi connectivity index (χ2n) is 1.67. The van der Waals surface area contributed by atoms with Crippen LogP contribution in [0.3, 0.4) is 0 Å². The van der Waals surface area contributed by atoms with Gasteiger partial charge in [0.25, 0.3) is 0 Å². The zero-order valence-electron chi connectivity index (χ0n) is 7.09. The molecule has 0 radical (unpaired) electrons. The average Bonchev–Trinajstić information content (AvgIpc) is 2.08. The Morgan fingerprint density at radius 2 is 1.73 bits per heavy atom. The monoisotopic (exact) mass is 289 g/mol. The summed E-state index contributed by atoms with van der Waals surface area (Å²) in [5.41, 5.74) is 0. The molecule has 0 fully saturated rings. The Morgan fingerprint density at radius 3 is 2.00 bits per heavy atom. The van der Waals surface area contributed by atoms with Crippen LogP contribution in [-0.4, -0.2) is 32.1 Å². The number of hydrogen-bond donors (Lipinski definition) is 0. The molecule has 0 aliphatic heterocycles. The molecule has 3 nitrogen and oxygen atoms in total. The van der Waals surface area contributed by atoms with Crippen molar-refractivity contribution >= 4 is 6.30 Å². The summed E-state index contributed by atoms with van der Waals surface area (Å²) < 4.78 is 16.7. The maximum atomic E-state index is 5.23. The van der Waals surface area contributed by atoms with Gasteiger partial charge in [0.05, 0.1) is 0 Å². The summed E-state index contributed by atoms with van der Waals surface area (Å²) >= 11 is -0.174. The third-order valence-corrected chi connectivity index (χ3v) is 11.7. The molecule has 0 unspecified atom stereocenters. The van der Waals surface area contributed by atoms with Crippen LogP contribution in [0.25, 0.3) is 0 Å². The predicted molar refractivity (Wildman–Crippen MR) is 41.8 cm³/mol. The van der Waals surface area contributed by atoms with Crippen LogP contribution in [0.15, 0.2) is 12.7 Å². The van der Waals surface area contributed by atoms with Crippen LogP contribution in [0, 0.1) is 0 Å². The molecule has 0 atom stereocenters. The van der Waals surface area contributed by atoms with Gasteiger partial charge in [-0.25, -0.2) is 0 Å². The molecule has 0 aromatic rings. The summed E-state index contributed by atoms with van der Waals surface area (Å²) in [5, 5.41) is 0. The second kappa shape index (κ2) is 6.12. The molecule has 5 heteroatoms. The summed E-state index contributed by atoms with van der Waals surface area (Å²) in [6, 6.07) is 0.